The van der Waals surface area contributed by atoms with Crippen LogP contribution in [-0.4, -0.2) is 18.0 Å². The van der Waals surface area contributed by atoms with Crippen molar-refractivity contribution in [3.8, 4) is 17.0 Å². The van der Waals surface area contributed by atoms with Gasteiger partial charge < -0.3 is 15.3 Å². The Kier molecular flexibility index (Phi) is 5.30. The van der Waals surface area contributed by atoms with Gasteiger partial charge in [0.15, 0.2) is 11.9 Å². The van der Waals surface area contributed by atoms with Gasteiger partial charge in [-0.3, -0.25) is 4.79 Å². The Bertz CT molecular complexity index is 1210. The van der Waals surface area contributed by atoms with Gasteiger partial charge in [0.1, 0.15) is 11.7 Å². The van der Waals surface area contributed by atoms with Crippen molar-refractivity contribution in [1.82, 2.24) is 10.3 Å². The highest BCUT2D eigenvalue weighted by atomic mass is 16.5. The number of carbonyl (C=O) groups is 1. The van der Waals surface area contributed by atoms with Gasteiger partial charge in [-0.05, 0) is 19.1 Å². The number of amides is 1. The highest BCUT2D eigenvalue weighted by Gasteiger charge is 2.25. The molecule has 2 heterocycles. The number of pyridine rings is 2. The van der Waals surface area contributed by atoms with Crippen LogP contribution < -0.4 is 14.8 Å². The van der Waals surface area contributed by atoms with E-state index in [0.717, 1.165) is 10.3 Å². The third kappa shape index (κ3) is 3.55. The van der Waals surface area contributed by atoms with Gasteiger partial charge in [0.25, 0.3) is 5.91 Å². The molecule has 0 spiro atoms. The first-order chi connectivity index (χ1) is 14.6. The first kappa shape index (κ1) is 19.4. The Labute approximate surface area is 174 Å². The van der Waals surface area contributed by atoms with Crippen molar-refractivity contribution < 1.29 is 14.3 Å². The van der Waals surface area contributed by atoms with Crippen molar-refractivity contribution in [1.29, 1.82) is 0 Å². The summed E-state index contributed by atoms with van der Waals surface area (Å²) in [5.74, 6) is 0.0617. The topological polar surface area (TPSA) is 78.2 Å². The standard InChI is InChI=1S/C24H21N3O3/c1-16(20-14-8-9-15-27(20)29)25-24(28)21-18-12-6-7-13-19(18)26-22(23(21)30-2)17-10-4-3-5-11-17/h3-16H,1-2H3,(H,25,28). The number of hydrogen-bond donors (Lipinski definition) is 1. The van der Waals surface area contributed by atoms with E-state index in [1.165, 1.54) is 13.3 Å². The third-order valence-electron chi connectivity index (χ3n) is 4.97. The van der Waals surface area contributed by atoms with Gasteiger partial charge in [-0.15, -0.1) is 0 Å². The number of nitrogens with zero attached hydrogens (tertiary/aromatic N) is 2. The smallest absolute Gasteiger partial charge is 0.256 e. The zero-order valence-corrected chi connectivity index (χ0v) is 16.7. The van der Waals surface area contributed by atoms with Crippen LogP contribution in [0.1, 0.15) is 29.0 Å². The molecule has 0 aliphatic heterocycles. The van der Waals surface area contributed by atoms with Gasteiger partial charge in [-0.25, -0.2) is 4.98 Å². The van der Waals surface area contributed by atoms with Crippen LogP contribution in [0.2, 0.25) is 0 Å². The molecule has 30 heavy (non-hydrogen) atoms. The minimum absolute atomic E-state index is 0.334. The first-order valence-corrected chi connectivity index (χ1v) is 9.61. The van der Waals surface area contributed by atoms with Gasteiger partial charge in [-0.2, -0.15) is 4.73 Å². The first-order valence-electron chi connectivity index (χ1n) is 9.61. The van der Waals surface area contributed by atoms with Gasteiger partial charge in [0.2, 0.25) is 5.69 Å². The molecule has 2 aromatic carbocycles. The SMILES string of the molecule is COc1c(-c2ccccc2)nc2ccccc2c1C(=O)NC(C)c1cccc[n+]1[O-]. The zero-order chi connectivity index (χ0) is 21.1. The summed E-state index contributed by atoms with van der Waals surface area (Å²) in [6.07, 6.45) is 1.41. The number of rotatable bonds is 5. The molecule has 1 amide bonds. The molecule has 0 fully saturated rings. The van der Waals surface area contributed by atoms with Crippen molar-refractivity contribution in [3.05, 3.63) is 95.5 Å². The molecule has 0 aliphatic rings. The Balaban J connectivity index is 1.84. The van der Waals surface area contributed by atoms with E-state index in [9.17, 15) is 10.0 Å². The van der Waals surface area contributed by atoms with E-state index < -0.39 is 6.04 Å². The Morgan fingerprint density at radius 3 is 2.47 bits per heavy atom. The van der Waals surface area contributed by atoms with Crippen LogP contribution in [0.3, 0.4) is 0 Å². The number of ether oxygens (including phenoxy) is 1. The monoisotopic (exact) mass is 399 g/mol. The maximum Gasteiger partial charge on any atom is 0.256 e. The molecular weight excluding hydrogens is 378 g/mol. The number of para-hydroxylation sites is 1. The molecule has 4 aromatic rings. The second kappa shape index (κ2) is 8.21. The van der Waals surface area contributed by atoms with E-state index in [0.29, 0.717) is 33.6 Å². The summed E-state index contributed by atoms with van der Waals surface area (Å²) in [6, 6.07) is 21.7. The second-order valence-electron chi connectivity index (χ2n) is 6.90. The number of fused-ring (bicyclic) bond motifs is 1. The van der Waals surface area contributed by atoms with Crippen LogP contribution in [0.25, 0.3) is 22.2 Å². The minimum Gasteiger partial charge on any atom is -0.618 e. The molecular formula is C24H21N3O3. The summed E-state index contributed by atoms with van der Waals surface area (Å²) < 4.78 is 6.43. The van der Waals surface area contributed by atoms with Crippen LogP contribution in [0.15, 0.2) is 79.0 Å². The van der Waals surface area contributed by atoms with E-state index in [4.69, 9.17) is 9.72 Å². The summed E-state index contributed by atoms with van der Waals surface area (Å²) in [7, 11) is 1.53. The summed E-state index contributed by atoms with van der Waals surface area (Å²) in [5, 5.41) is 15.7. The van der Waals surface area contributed by atoms with Crippen LogP contribution in [0, 0.1) is 5.21 Å². The predicted octanol–water partition coefficient (Wildman–Crippen LogP) is 4.03. The van der Waals surface area contributed by atoms with Crippen molar-refractivity contribution in [2.24, 2.45) is 0 Å². The molecule has 4 rings (SSSR count). The lowest BCUT2D eigenvalue weighted by molar-refractivity contribution is -0.615. The average molecular weight is 399 g/mol. The molecule has 0 bridgehead atoms. The number of benzene rings is 2. The predicted molar refractivity (Wildman–Crippen MR) is 115 cm³/mol. The van der Waals surface area contributed by atoms with Crippen LogP contribution in [0.5, 0.6) is 5.75 Å². The van der Waals surface area contributed by atoms with Crippen LogP contribution >= 0.6 is 0 Å². The molecule has 0 aliphatic carbocycles. The maximum absolute atomic E-state index is 13.4. The molecule has 0 radical (unpaired) electrons. The molecule has 150 valence electrons. The van der Waals surface area contributed by atoms with Crippen LogP contribution in [0.4, 0.5) is 0 Å². The number of carbonyl (C=O) groups excluding carboxylic acids is 1. The number of hydrogen-bond acceptors (Lipinski definition) is 4. The fraction of sp³-hybridized carbons (Fsp3) is 0.125. The summed E-state index contributed by atoms with van der Waals surface area (Å²) in [4.78, 5) is 18.1. The Hall–Kier alpha value is -3.93. The summed E-state index contributed by atoms with van der Waals surface area (Å²) in [5.41, 5.74) is 2.97. The molecule has 2 aromatic heterocycles. The molecule has 1 N–H and O–H groups in total. The minimum atomic E-state index is -0.493. The summed E-state index contributed by atoms with van der Waals surface area (Å²) >= 11 is 0. The van der Waals surface area contributed by atoms with Gasteiger partial charge in [0, 0.05) is 23.1 Å². The molecule has 0 saturated heterocycles. The fourth-order valence-electron chi connectivity index (χ4n) is 3.53. The lowest BCUT2D eigenvalue weighted by Crippen LogP contribution is -2.38. The van der Waals surface area contributed by atoms with Crippen molar-refractivity contribution in [3.63, 3.8) is 0 Å². The van der Waals surface area contributed by atoms with Gasteiger partial charge >= 0.3 is 0 Å². The lowest BCUT2D eigenvalue weighted by atomic mass is 10.0. The van der Waals surface area contributed by atoms with E-state index >= 15 is 0 Å². The highest BCUT2D eigenvalue weighted by Crippen LogP contribution is 2.36. The number of aromatic nitrogens is 2. The third-order valence-corrected chi connectivity index (χ3v) is 4.97. The Morgan fingerprint density at radius 1 is 1.03 bits per heavy atom. The van der Waals surface area contributed by atoms with Crippen molar-refractivity contribution >= 4 is 16.8 Å². The number of methoxy groups -OCH3 is 1. The summed E-state index contributed by atoms with van der Waals surface area (Å²) in [6.45, 7) is 1.77. The van der Waals surface area contributed by atoms with Gasteiger partial charge in [-0.1, -0.05) is 48.5 Å². The van der Waals surface area contributed by atoms with Gasteiger partial charge in [0.05, 0.1) is 18.2 Å². The van der Waals surface area contributed by atoms with E-state index in [1.54, 1.807) is 25.1 Å². The quantitative estimate of drug-likeness (QED) is 0.406. The molecule has 1 atom stereocenters. The van der Waals surface area contributed by atoms with E-state index in [2.05, 4.69) is 5.32 Å². The maximum atomic E-state index is 13.4. The van der Waals surface area contributed by atoms with Crippen molar-refractivity contribution in [2.45, 2.75) is 13.0 Å². The van der Waals surface area contributed by atoms with E-state index in [1.807, 2.05) is 54.6 Å². The number of nitrogens with one attached hydrogen (secondary N) is 1. The zero-order valence-electron chi connectivity index (χ0n) is 16.7. The average Bonchev–Trinajstić information content (AvgIpc) is 2.78. The molecule has 6 heteroatoms. The molecule has 0 saturated carbocycles. The lowest BCUT2D eigenvalue weighted by Gasteiger charge is -2.18. The van der Waals surface area contributed by atoms with Crippen LogP contribution in [-0.2, 0) is 0 Å². The largest absolute Gasteiger partial charge is 0.618 e. The molecule has 1 unspecified atom stereocenters. The highest BCUT2D eigenvalue weighted by molar-refractivity contribution is 6.10. The fourth-order valence-corrected chi connectivity index (χ4v) is 3.53. The Morgan fingerprint density at radius 2 is 1.73 bits per heavy atom. The van der Waals surface area contributed by atoms with Crippen molar-refractivity contribution in [2.75, 3.05) is 7.11 Å². The normalized spacial score (nSPS) is 11.8. The van der Waals surface area contributed by atoms with E-state index in [-0.39, 0.29) is 5.91 Å². The second-order valence-corrected chi connectivity index (χ2v) is 6.90. The molecule has 6 nitrogen and oxygen atoms in total.